The number of carbonyl (C=O) groups is 1. The van der Waals surface area contributed by atoms with E-state index in [0.717, 1.165) is 12.1 Å². The van der Waals surface area contributed by atoms with Crippen LogP contribution in [0.1, 0.15) is 30.0 Å². The summed E-state index contributed by atoms with van der Waals surface area (Å²) in [5, 5.41) is 8.48. The molecule has 0 aliphatic heterocycles. The lowest BCUT2D eigenvalue weighted by atomic mass is 9.98. The van der Waals surface area contributed by atoms with Crippen LogP contribution in [0.15, 0.2) is 12.1 Å². The highest BCUT2D eigenvalue weighted by atomic mass is 19.1. The third-order valence-corrected chi connectivity index (χ3v) is 2.42. The van der Waals surface area contributed by atoms with Crippen LogP contribution >= 0.6 is 0 Å². The second-order valence-corrected chi connectivity index (χ2v) is 3.64. The van der Waals surface area contributed by atoms with Crippen molar-refractivity contribution < 1.29 is 18.7 Å². The molecule has 1 unspecified atom stereocenters. The van der Waals surface area contributed by atoms with Crippen LogP contribution in [0, 0.1) is 18.6 Å². The maximum atomic E-state index is 13.2. The zero-order valence-corrected chi connectivity index (χ0v) is 8.84. The van der Waals surface area contributed by atoms with Gasteiger partial charge < -0.3 is 10.8 Å². The van der Waals surface area contributed by atoms with Crippen molar-refractivity contribution in [1.29, 1.82) is 0 Å². The molecule has 0 spiro atoms. The summed E-state index contributed by atoms with van der Waals surface area (Å²) >= 11 is 0. The molecule has 1 atom stereocenters. The van der Waals surface area contributed by atoms with Crippen LogP contribution in [0.3, 0.4) is 0 Å². The van der Waals surface area contributed by atoms with Crippen molar-refractivity contribution in [1.82, 2.24) is 0 Å². The summed E-state index contributed by atoms with van der Waals surface area (Å²) in [6, 6.07) is 1.26. The average Bonchev–Trinajstić information content (AvgIpc) is 2.19. The lowest BCUT2D eigenvalue weighted by Crippen LogP contribution is -2.14. The Balaban J connectivity index is 2.90. The van der Waals surface area contributed by atoms with E-state index in [9.17, 15) is 13.6 Å². The molecule has 1 rings (SSSR count). The molecule has 0 amide bonds. The Labute approximate surface area is 91.9 Å². The van der Waals surface area contributed by atoms with Crippen molar-refractivity contribution in [2.45, 2.75) is 25.8 Å². The zero-order valence-electron chi connectivity index (χ0n) is 8.84. The number of carboxylic acids is 1. The number of benzene rings is 1. The van der Waals surface area contributed by atoms with Crippen LogP contribution in [-0.2, 0) is 4.79 Å². The van der Waals surface area contributed by atoms with Gasteiger partial charge in [0.2, 0.25) is 0 Å². The number of nitrogens with two attached hydrogens (primary N) is 1. The molecule has 0 heterocycles. The number of carboxylic acid groups (broad SMARTS) is 1. The largest absolute Gasteiger partial charge is 0.481 e. The van der Waals surface area contributed by atoms with E-state index in [1.807, 2.05) is 0 Å². The first kappa shape index (κ1) is 12.6. The predicted octanol–water partition coefficient (Wildman–Crippen LogP) is 2.14. The molecule has 0 saturated carbocycles. The molecule has 1 aromatic carbocycles. The van der Waals surface area contributed by atoms with Crippen LogP contribution in [0.2, 0.25) is 0 Å². The Kier molecular flexibility index (Phi) is 3.95. The van der Waals surface area contributed by atoms with Gasteiger partial charge in [-0.3, -0.25) is 4.79 Å². The summed E-state index contributed by atoms with van der Waals surface area (Å²) in [5.41, 5.74) is 6.27. The molecule has 0 bridgehead atoms. The molecule has 1 aromatic rings. The SMILES string of the molecule is Cc1c(F)cc(F)cc1C(N)CCC(=O)O. The second-order valence-electron chi connectivity index (χ2n) is 3.64. The van der Waals surface area contributed by atoms with Gasteiger partial charge in [0.05, 0.1) is 0 Å². The number of hydrogen-bond donors (Lipinski definition) is 2. The Morgan fingerprint density at radius 3 is 2.69 bits per heavy atom. The fourth-order valence-electron chi connectivity index (χ4n) is 1.49. The van der Waals surface area contributed by atoms with Crippen molar-refractivity contribution in [3.63, 3.8) is 0 Å². The van der Waals surface area contributed by atoms with E-state index < -0.39 is 23.6 Å². The molecule has 0 saturated heterocycles. The van der Waals surface area contributed by atoms with Crippen molar-refractivity contribution in [3.05, 3.63) is 34.9 Å². The monoisotopic (exact) mass is 229 g/mol. The van der Waals surface area contributed by atoms with E-state index in [4.69, 9.17) is 10.8 Å². The van der Waals surface area contributed by atoms with Crippen LogP contribution in [-0.4, -0.2) is 11.1 Å². The molecule has 0 radical (unpaired) electrons. The van der Waals surface area contributed by atoms with Gasteiger partial charge in [0.1, 0.15) is 11.6 Å². The van der Waals surface area contributed by atoms with Gasteiger partial charge in [-0.05, 0) is 30.5 Å². The Hall–Kier alpha value is -1.49. The highest BCUT2D eigenvalue weighted by molar-refractivity contribution is 5.66. The number of aliphatic carboxylic acids is 1. The maximum Gasteiger partial charge on any atom is 0.303 e. The molecule has 5 heteroatoms. The maximum absolute atomic E-state index is 13.2. The van der Waals surface area contributed by atoms with Gasteiger partial charge >= 0.3 is 5.97 Å². The van der Waals surface area contributed by atoms with E-state index in [2.05, 4.69) is 0 Å². The summed E-state index contributed by atoms with van der Waals surface area (Å²) in [5.74, 6) is -2.35. The van der Waals surface area contributed by atoms with Gasteiger partial charge in [-0.15, -0.1) is 0 Å². The van der Waals surface area contributed by atoms with Gasteiger partial charge in [-0.25, -0.2) is 8.78 Å². The standard InChI is InChI=1S/C11H13F2NO2/c1-6-8(4-7(12)5-9(6)13)10(14)2-3-11(15)16/h4-5,10H,2-3,14H2,1H3,(H,15,16). The van der Waals surface area contributed by atoms with Crippen LogP contribution in [0.5, 0.6) is 0 Å². The number of hydrogen-bond acceptors (Lipinski definition) is 2. The molecule has 0 aliphatic carbocycles. The molecule has 0 aliphatic rings. The minimum absolute atomic E-state index is 0.126. The molecular formula is C11H13F2NO2. The summed E-state index contributed by atoms with van der Waals surface area (Å²) in [4.78, 5) is 10.4. The van der Waals surface area contributed by atoms with Gasteiger partial charge in [-0.1, -0.05) is 0 Å². The molecule has 0 aromatic heterocycles. The van der Waals surface area contributed by atoms with Gasteiger partial charge in [-0.2, -0.15) is 0 Å². The zero-order chi connectivity index (χ0) is 12.3. The second kappa shape index (κ2) is 5.03. The summed E-state index contributed by atoms with van der Waals surface area (Å²) in [7, 11) is 0. The minimum Gasteiger partial charge on any atom is -0.481 e. The molecule has 3 N–H and O–H groups in total. The Morgan fingerprint density at radius 2 is 2.12 bits per heavy atom. The van der Waals surface area contributed by atoms with Crippen molar-refractivity contribution >= 4 is 5.97 Å². The van der Waals surface area contributed by atoms with Gasteiger partial charge in [0.25, 0.3) is 0 Å². The quantitative estimate of drug-likeness (QED) is 0.831. The normalized spacial score (nSPS) is 12.5. The smallest absolute Gasteiger partial charge is 0.303 e. The van der Waals surface area contributed by atoms with Crippen LogP contribution in [0.4, 0.5) is 8.78 Å². The van der Waals surface area contributed by atoms with Crippen molar-refractivity contribution in [2.24, 2.45) is 5.73 Å². The molecule has 0 fully saturated rings. The third-order valence-electron chi connectivity index (χ3n) is 2.42. The van der Waals surface area contributed by atoms with E-state index >= 15 is 0 Å². The molecular weight excluding hydrogens is 216 g/mol. The first-order valence-electron chi connectivity index (χ1n) is 4.84. The highest BCUT2D eigenvalue weighted by Crippen LogP contribution is 2.23. The van der Waals surface area contributed by atoms with E-state index in [1.54, 1.807) is 0 Å². The number of rotatable bonds is 4. The lowest BCUT2D eigenvalue weighted by Gasteiger charge is -2.14. The predicted molar refractivity (Wildman–Crippen MR) is 54.9 cm³/mol. The van der Waals surface area contributed by atoms with Crippen LogP contribution < -0.4 is 5.73 Å². The molecule has 88 valence electrons. The van der Waals surface area contributed by atoms with Crippen molar-refractivity contribution in [2.75, 3.05) is 0 Å². The summed E-state index contributed by atoms with van der Waals surface area (Å²) in [6.07, 6.45) is 0.0256. The van der Waals surface area contributed by atoms with E-state index in [1.165, 1.54) is 6.92 Å². The Morgan fingerprint density at radius 1 is 1.50 bits per heavy atom. The minimum atomic E-state index is -0.982. The highest BCUT2D eigenvalue weighted by Gasteiger charge is 2.14. The lowest BCUT2D eigenvalue weighted by molar-refractivity contribution is -0.137. The first-order valence-corrected chi connectivity index (χ1v) is 4.84. The molecule has 16 heavy (non-hydrogen) atoms. The fourth-order valence-corrected chi connectivity index (χ4v) is 1.49. The molecule has 3 nitrogen and oxygen atoms in total. The third kappa shape index (κ3) is 3.00. The first-order chi connectivity index (χ1) is 7.41. The van der Waals surface area contributed by atoms with Crippen LogP contribution in [0.25, 0.3) is 0 Å². The summed E-state index contributed by atoms with van der Waals surface area (Å²) in [6.45, 7) is 1.49. The fraction of sp³-hybridized carbons (Fsp3) is 0.364. The average molecular weight is 229 g/mol. The van der Waals surface area contributed by atoms with E-state index in [-0.39, 0.29) is 18.4 Å². The van der Waals surface area contributed by atoms with Crippen molar-refractivity contribution in [3.8, 4) is 0 Å². The number of halogens is 2. The van der Waals surface area contributed by atoms with Gasteiger partial charge in [0.15, 0.2) is 0 Å². The van der Waals surface area contributed by atoms with E-state index in [0.29, 0.717) is 5.56 Å². The van der Waals surface area contributed by atoms with Gasteiger partial charge in [0, 0.05) is 18.5 Å². The topological polar surface area (TPSA) is 63.3 Å². The Bertz CT molecular complexity index is 407. The summed E-state index contributed by atoms with van der Waals surface area (Å²) < 4.78 is 26.1.